The summed E-state index contributed by atoms with van der Waals surface area (Å²) < 4.78 is 74.5. The molecule has 3 aromatic heterocycles. The van der Waals surface area contributed by atoms with Gasteiger partial charge < -0.3 is 30.4 Å². The molecule has 15 nitrogen and oxygen atoms in total. The van der Waals surface area contributed by atoms with E-state index in [4.69, 9.17) is 25.7 Å². The Hall–Kier alpha value is -5.63. The maximum atomic E-state index is 11.2. The van der Waals surface area contributed by atoms with E-state index in [1.807, 2.05) is 0 Å². The zero-order valence-electron chi connectivity index (χ0n) is 19.8. The van der Waals surface area contributed by atoms with E-state index in [0.717, 1.165) is 0 Å². The minimum Gasteiger partial charge on any atom is -0.478 e. The molecule has 3 rings (SSSR count). The van der Waals surface area contributed by atoms with E-state index in [2.05, 4.69) is 30.0 Å². The number of carboxylic acids is 2. The van der Waals surface area contributed by atoms with Crippen LogP contribution in [0.2, 0.25) is 0 Å². The van der Waals surface area contributed by atoms with Gasteiger partial charge in [0.05, 0.1) is 11.1 Å². The minimum atomic E-state index is -5.62. The van der Waals surface area contributed by atoms with Crippen LogP contribution in [-0.4, -0.2) is 77.6 Å². The molecular weight excluding hydrogens is 582 g/mol. The van der Waals surface area contributed by atoms with Crippen LogP contribution in [0.5, 0.6) is 0 Å². The molecule has 0 atom stereocenters. The molecule has 3 heterocycles. The Kier molecular flexibility index (Phi) is 11.4. The summed E-state index contributed by atoms with van der Waals surface area (Å²) in [4.78, 5) is 51.9. The second-order valence-electron chi connectivity index (χ2n) is 6.83. The first-order valence-corrected chi connectivity index (χ1v) is 9.92. The number of hydrogen-bond acceptors (Lipinski definition) is 12. The third-order valence-corrected chi connectivity index (χ3v) is 3.81. The van der Waals surface area contributed by atoms with Crippen molar-refractivity contribution in [1.29, 1.82) is 0 Å². The summed E-state index contributed by atoms with van der Waals surface area (Å²) in [5.41, 5.74) is 6.10. The van der Waals surface area contributed by atoms with E-state index in [9.17, 15) is 45.5 Å². The molecule has 41 heavy (non-hydrogen) atoms. The quantitative estimate of drug-likeness (QED) is 0.0642. The Labute approximate surface area is 221 Å². The van der Waals surface area contributed by atoms with Crippen molar-refractivity contribution >= 4 is 29.7 Å². The van der Waals surface area contributed by atoms with Crippen molar-refractivity contribution in [2.75, 3.05) is 0 Å². The topological polar surface area (TPSA) is 241 Å². The number of carboxylic acid groups (broad SMARTS) is 2. The minimum absolute atomic E-state index is 0.0101. The van der Waals surface area contributed by atoms with Gasteiger partial charge in [-0.1, -0.05) is 10.3 Å². The summed E-state index contributed by atoms with van der Waals surface area (Å²) in [6.07, 6.45) is -6.02. The fourth-order valence-corrected chi connectivity index (χ4v) is 2.05. The average Bonchev–Trinajstić information content (AvgIpc) is 3.34. The molecule has 0 unspecified atom stereocenters. The maximum absolute atomic E-state index is 11.2. The van der Waals surface area contributed by atoms with Crippen LogP contribution in [0.4, 0.5) is 26.3 Å². The molecule has 0 aromatic carbocycles. The molecule has 0 bridgehead atoms. The summed E-state index contributed by atoms with van der Waals surface area (Å²) >= 11 is 0. The number of esters is 2. The van der Waals surface area contributed by atoms with E-state index < -0.39 is 36.2 Å². The van der Waals surface area contributed by atoms with Crippen molar-refractivity contribution in [3.8, 4) is 11.4 Å². The second kappa shape index (κ2) is 14.0. The van der Waals surface area contributed by atoms with Gasteiger partial charge in [-0.25, -0.2) is 19.2 Å². The van der Waals surface area contributed by atoms with Gasteiger partial charge in [0, 0.05) is 42.8 Å². The molecule has 0 radical (unpaired) electrons. The molecule has 0 spiro atoms. The van der Waals surface area contributed by atoms with Crippen molar-refractivity contribution in [3.05, 3.63) is 59.5 Å². The van der Waals surface area contributed by atoms with Crippen LogP contribution in [0.1, 0.15) is 32.2 Å². The van der Waals surface area contributed by atoms with E-state index in [-0.39, 0.29) is 22.5 Å². The Bertz CT molecular complexity index is 1420. The predicted molar refractivity (Wildman–Crippen MR) is 116 cm³/mol. The first kappa shape index (κ1) is 33.4. The summed E-state index contributed by atoms with van der Waals surface area (Å²) in [6, 6.07) is 2.71. The predicted octanol–water partition coefficient (Wildman–Crippen LogP) is 2.19. The molecule has 0 aliphatic rings. The standard InChI is InChI=1S/C9H7N3O3.C7H7N3O3.C4F6O3/c1-5-11-8(12-15-5)6-2-7(9(13)14)4-10-3-6;8-6(10-13)4-1-5(7(11)12)3-9-2-4;5-3(6,7)1(11)13-2(12)4(8,9)10/h2-4H,1H3,(H,13,14);1-3,13H,(H2,8,10)(H,11,12);. The number of aromatic nitrogens is 4. The summed E-state index contributed by atoms with van der Waals surface area (Å²) in [6.45, 7) is 1.66. The number of carbonyl (C=O) groups is 4. The number of aryl methyl sites for hydroxylation is 1. The molecular formula is C20H14F6N6O9. The van der Waals surface area contributed by atoms with Crippen molar-refractivity contribution in [3.63, 3.8) is 0 Å². The number of carbonyl (C=O) groups excluding carboxylic acids is 2. The first-order valence-electron chi connectivity index (χ1n) is 9.92. The van der Waals surface area contributed by atoms with E-state index in [1.165, 1.54) is 36.9 Å². The van der Waals surface area contributed by atoms with Gasteiger partial charge in [0.15, 0.2) is 5.84 Å². The summed E-state index contributed by atoms with van der Waals surface area (Å²) in [5.74, 6) is -7.96. The van der Waals surface area contributed by atoms with Gasteiger partial charge in [0.2, 0.25) is 11.7 Å². The molecule has 220 valence electrons. The van der Waals surface area contributed by atoms with Gasteiger partial charge >= 0.3 is 36.2 Å². The normalized spacial score (nSPS) is 11.2. The van der Waals surface area contributed by atoms with Crippen LogP contribution in [0.3, 0.4) is 0 Å². The van der Waals surface area contributed by atoms with E-state index >= 15 is 0 Å². The van der Waals surface area contributed by atoms with Crippen LogP contribution >= 0.6 is 0 Å². The molecule has 0 aliphatic carbocycles. The van der Waals surface area contributed by atoms with Crippen molar-refractivity contribution < 1.29 is 70.2 Å². The highest BCUT2D eigenvalue weighted by atomic mass is 19.4. The SMILES string of the molecule is Cc1nc(-c2cncc(C(=O)O)c2)no1.N/C(=N\O)c1cncc(C(=O)O)c1.O=C(OC(=O)C(F)(F)F)C(F)(F)F. The number of aromatic carboxylic acids is 2. The summed E-state index contributed by atoms with van der Waals surface area (Å²) in [5, 5.41) is 32.0. The Balaban J connectivity index is 0.000000309. The molecule has 0 aliphatic heterocycles. The summed E-state index contributed by atoms with van der Waals surface area (Å²) in [7, 11) is 0. The van der Waals surface area contributed by atoms with E-state index in [0.29, 0.717) is 17.3 Å². The van der Waals surface area contributed by atoms with Gasteiger partial charge in [-0.05, 0) is 12.1 Å². The van der Waals surface area contributed by atoms with Crippen LogP contribution in [0, 0.1) is 6.92 Å². The fraction of sp³-hybridized carbons (Fsp3) is 0.150. The molecule has 0 saturated carbocycles. The van der Waals surface area contributed by atoms with Gasteiger partial charge in [-0.3, -0.25) is 9.97 Å². The number of nitrogens with zero attached hydrogens (tertiary/aromatic N) is 5. The highest BCUT2D eigenvalue weighted by molar-refractivity contribution is 5.99. The van der Waals surface area contributed by atoms with Gasteiger partial charge in [-0.2, -0.15) is 31.3 Å². The van der Waals surface area contributed by atoms with Crippen LogP contribution in [0.15, 0.2) is 46.6 Å². The largest absolute Gasteiger partial charge is 0.491 e. The van der Waals surface area contributed by atoms with Gasteiger partial charge in [-0.15, -0.1) is 0 Å². The highest BCUT2D eigenvalue weighted by Crippen LogP contribution is 2.21. The number of amidine groups is 1. The van der Waals surface area contributed by atoms with Gasteiger partial charge in [0.25, 0.3) is 0 Å². The lowest BCUT2D eigenvalue weighted by molar-refractivity contribution is -0.221. The molecule has 0 fully saturated rings. The average molecular weight is 596 g/mol. The number of oxime groups is 1. The lowest BCUT2D eigenvalue weighted by Gasteiger charge is -2.06. The van der Waals surface area contributed by atoms with Crippen molar-refractivity contribution in [2.45, 2.75) is 19.3 Å². The van der Waals surface area contributed by atoms with Crippen molar-refractivity contribution in [2.24, 2.45) is 10.9 Å². The van der Waals surface area contributed by atoms with E-state index in [1.54, 1.807) is 6.92 Å². The van der Waals surface area contributed by atoms with Gasteiger partial charge in [0.1, 0.15) is 0 Å². The molecule has 0 saturated heterocycles. The monoisotopic (exact) mass is 596 g/mol. The molecule has 21 heteroatoms. The number of ether oxygens (including phenoxy) is 1. The van der Waals surface area contributed by atoms with Crippen LogP contribution in [-0.2, 0) is 14.3 Å². The second-order valence-corrected chi connectivity index (χ2v) is 6.83. The number of nitrogens with two attached hydrogens (primary N) is 1. The number of halogens is 6. The molecule has 5 N–H and O–H groups in total. The Morgan fingerprint density at radius 2 is 1.32 bits per heavy atom. The van der Waals surface area contributed by atoms with Crippen molar-refractivity contribution in [1.82, 2.24) is 20.1 Å². The lowest BCUT2D eigenvalue weighted by atomic mass is 10.2. The maximum Gasteiger partial charge on any atom is 0.491 e. The first-order chi connectivity index (χ1) is 18.9. The number of pyridine rings is 2. The zero-order chi connectivity index (χ0) is 31.5. The third-order valence-electron chi connectivity index (χ3n) is 3.81. The molecule has 3 aromatic rings. The Morgan fingerprint density at radius 3 is 1.73 bits per heavy atom. The fourth-order valence-electron chi connectivity index (χ4n) is 2.05. The smallest absolute Gasteiger partial charge is 0.478 e. The number of hydrogen-bond donors (Lipinski definition) is 4. The number of rotatable bonds is 4. The molecule has 0 amide bonds. The third kappa shape index (κ3) is 10.9. The van der Waals surface area contributed by atoms with Crippen LogP contribution < -0.4 is 5.73 Å². The lowest BCUT2D eigenvalue weighted by Crippen LogP contribution is -2.34. The highest BCUT2D eigenvalue weighted by Gasteiger charge is 2.49. The van der Waals surface area contributed by atoms with Crippen LogP contribution in [0.25, 0.3) is 11.4 Å². The zero-order valence-corrected chi connectivity index (χ0v) is 19.8. The Morgan fingerprint density at radius 1 is 0.854 bits per heavy atom. The number of alkyl halides is 6.